The van der Waals surface area contributed by atoms with Crippen LogP contribution in [-0.2, 0) is 6.42 Å². The van der Waals surface area contributed by atoms with Crippen LogP contribution in [0, 0.1) is 6.92 Å². The molecule has 0 atom stereocenters. The number of halogens is 2. The van der Waals surface area contributed by atoms with E-state index in [0.29, 0.717) is 18.2 Å². The van der Waals surface area contributed by atoms with Crippen molar-refractivity contribution in [3.63, 3.8) is 0 Å². The molecule has 1 aromatic carbocycles. The van der Waals surface area contributed by atoms with Crippen LogP contribution in [0.1, 0.15) is 25.0 Å². The van der Waals surface area contributed by atoms with E-state index in [0.717, 1.165) is 18.8 Å². The second-order valence-electron chi connectivity index (χ2n) is 5.47. The summed E-state index contributed by atoms with van der Waals surface area (Å²) in [4.78, 5) is 2.17. The van der Waals surface area contributed by atoms with Gasteiger partial charge in [0.2, 0.25) is 0 Å². The molecule has 1 aromatic rings. The molecule has 4 heteroatoms. The molecule has 0 aliphatic heterocycles. The van der Waals surface area contributed by atoms with Gasteiger partial charge in [0.25, 0.3) is 0 Å². The van der Waals surface area contributed by atoms with E-state index in [4.69, 9.17) is 23.2 Å². The molecule has 0 unspecified atom stereocenters. The highest BCUT2D eigenvalue weighted by Gasteiger charge is 2.16. The number of alkyl halides is 2. The van der Waals surface area contributed by atoms with Gasteiger partial charge in [-0.15, -0.1) is 23.2 Å². The average molecular weight is 304 g/mol. The molecule has 1 rings (SSSR count). The zero-order chi connectivity index (χ0) is 14.5. The molecule has 1 N–H and O–H groups in total. The number of hydrogen-bond donors (Lipinski definition) is 1. The Morgan fingerprint density at radius 2 is 1.74 bits per heavy atom. The van der Waals surface area contributed by atoms with Crippen molar-refractivity contribution < 1.29 is 5.11 Å². The molecule has 0 saturated carbocycles. The minimum atomic E-state index is -0.701. The van der Waals surface area contributed by atoms with E-state index in [1.807, 2.05) is 13.8 Å². The molecule has 0 amide bonds. The van der Waals surface area contributed by atoms with Crippen LogP contribution in [0.4, 0.5) is 5.69 Å². The predicted molar refractivity (Wildman–Crippen MR) is 84.8 cm³/mol. The van der Waals surface area contributed by atoms with Crippen LogP contribution in [0.15, 0.2) is 18.2 Å². The van der Waals surface area contributed by atoms with E-state index in [-0.39, 0.29) is 0 Å². The van der Waals surface area contributed by atoms with Crippen molar-refractivity contribution in [2.75, 3.05) is 29.7 Å². The second kappa shape index (κ2) is 7.37. The number of nitrogens with zero attached hydrogens (tertiary/aromatic N) is 1. The Bertz CT molecular complexity index is 396. The van der Waals surface area contributed by atoms with E-state index in [1.165, 1.54) is 11.1 Å². The summed E-state index contributed by atoms with van der Waals surface area (Å²) >= 11 is 11.7. The number of benzene rings is 1. The molecule has 0 saturated heterocycles. The maximum atomic E-state index is 9.98. The number of rotatable bonds is 7. The molecule has 0 aromatic heterocycles. The maximum absolute atomic E-state index is 9.98. The Hall–Kier alpha value is -0.440. The molecule has 2 nitrogen and oxygen atoms in total. The van der Waals surface area contributed by atoms with Gasteiger partial charge < -0.3 is 10.0 Å². The van der Waals surface area contributed by atoms with Gasteiger partial charge in [-0.3, -0.25) is 0 Å². The van der Waals surface area contributed by atoms with Crippen molar-refractivity contribution in [3.8, 4) is 0 Å². The Morgan fingerprint density at radius 3 is 2.21 bits per heavy atom. The molecule has 0 fully saturated rings. The quantitative estimate of drug-likeness (QED) is 0.778. The van der Waals surface area contributed by atoms with Gasteiger partial charge in [0.05, 0.1) is 5.60 Å². The minimum Gasteiger partial charge on any atom is -0.390 e. The monoisotopic (exact) mass is 303 g/mol. The van der Waals surface area contributed by atoms with Crippen molar-refractivity contribution in [2.24, 2.45) is 0 Å². The molecule has 108 valence electrons. The molecular formula is C15H23Cl2NO. The SMILES string of the molecule is Cc1ccc(N(CCCl)CCCl)cc1CC(C)(C)O. The first-order chi connectivity index (χ1) is 8.87. The van der Waals surface area contributed by atoms with E-state index < -0.39 is 5.60 Å². The van der Waals surface area contributed by atoms with Crippen LogP contribution >= 0.6 is 23.2 Å². The summed E-state index contributed by atoms with van der Waals surface area (Å²) in [6.45, 7) is 7.28. The van der Waals surface area contributed by atoms with Crippen molar-refractivity contribution in [1.29, 1.82) is 0 Å². The highest BCUT2D eigenvalue weighted by Crippen LogP contribution is 2.23. The van der Waals surface area contributed by atoms with Crippen LogP contribution in [0.25, 0.3) is 0 Å². The van der Waals surface area contributed by atoms with Gasteiger partial charge in [0.1, 0.15) is 0 Å². The molecule has 0 spiro atoms. The van der Waals surface area contributed by atoms with Crippen molar-refractivity contribution >= 4 is 28.9 Å². The normalized spacial score (nSPS) is 11.7. The first-order valence-electron chi connectivity index (χ1n) is 6.56. The summed E-state index contributed by atoms with van der Waals surface area (Å²) in [6.07, 6.45) is 0.641. The van der Waals surface area contributed by atoms with E-state index in [9.17, 15) is 5.11 Å². The van der Waals surface area contributed by atoms with Gasteiger partial charge in [0, 0.05) is 37.0 Å². The first kappa shape index (κ1) is 16.6. The van der Waals surface area contributed by atoms with Gasteiger partial charge in [-0.1, -0.05) is 6.07 Å². The zero-order valence-corrected chi connectivity index (χ0v) is 13.4. The van der Waals surface area contributed by atoms with Crippen molar-refractivity contribution in [3.05, 3.63) is 29.3 Å². The Morgan fingerprint density at radius 1 is 1.16 bits per heavy atom. The zero-order valence-electron chi connectivity index (χ0n) is 11.9. The number of aryl methyl sites for hydroxylation is 1. The van der Waals surface area contributed by atoms with Crippen molar-refractivity contribution in [2.45, 2.75) is 32.8 Å². The number of anilines is 1. The fraction of sp³-hybridized carbons (Fsp3) is 0.600. The lowest BCUT2D eigenvalue weighted by atomic mass is 9.95. The average Bonchev–Trinajstić information content (AvgIpc) is 2.30. The molecule has 0 aliphatic rings. The number of aliphatic hydroxyl groups is 1. The summed E-state index contributed by atoms with van der Waals surface area (Å²) < 4.78 is 0. The van der Waals surface area contributed by atoms with Crippen LogP contribution in [0.3, 0.4) is 0 Å². The summed E-state index contributed by atoms with van der Waals surface area (Å²) in [6, 6.07) is 6.31. The molecule has 19 heavy (non-hydrogen) atoms. The van der Waals surface area contributed by atoms with E-state index in [1.54, 1.807) is 0 Å². The van der Waals surface area contributed by atoms with Gasteiger partial charge in [-0.2, -0.15) is 0 Å². The van der Waals surface area contributed by atoms with Crippen LogP contribution in [0.5, 0.6) is 0 Å². The van der Waals surface area contributed by atoms with E-state index in [2.05, 4.69) is 30.0 Å². The highest BCUT2D eigenvalue weighted by molar-refractivity contribution is 6.18. The lowest BCUT2D eigenvalue weighted by Gasteiger charge is -2.25. The summed E-state index contributed by atoms with van der Waals surface area (Å²) in [5, 5.41) is 9.98. The topological polar surface area (TPSA) is 23.5 Å². The molecule has 0 heterocycles. The standard InChI is InChI=1S/C15H23Cl2NO/c1-12-4-5-14(18(8-6-16)9-7-17)10-13(12)11-15(2,3)19/h4-5,10,19H,6-9,11H2,1-3H3. The first-order valence-corrected chi connectivity index (χ1v) is 7.63. The Kier molecular flexibility index (Phi) is 6.45. The van der Waals surface area contributed by atoms with Gasteiger partial charge in [0.15, 0.2) is 0 Å². The largest absolute Gasteiger partial charge is 0.390 e. The molecular weight excluding hydrogens is 281 g/mol. The summed E-state index contributed by atoms with van der Waals surface area (Å²) in [5.41, 5.74) is 2.78. The molecule has 0 bridgehead atoms. The lowest BCUT2D eigenvalue weighted by Crippen LogP contribution is -2.28. The predicted octanol–water partition coefficient (Wildman–Crippen LogP) is 3.59. The Balaban J connectivity index is 2.99. The van der Waals surface area contributed by atoms with Gasteiger partial charge >= 0.3 is 0 Å². The second-order valence-corrected chi connectivity index (χ2v) is 6.22. The lowest BCUT2D eigenvalue weighted by molar-refractivity contribution is 0.0808. The summed E-state index contributed by atoms with van der Waals surface area (Å²) in [5.74, 6) is 1.15. The summed E-state index contributed by atoms with van der Waals surface area (Å²) in [7, 11) is 0. The molecule has 0 aliphatic carbocycles. The third-order valence-electron chi connectivity index (χ3n) is 3.03. The Labute approximate surface area is 126 Å². The van der Waals surface area contributed by atoms with Crippen LogP contribution < -0.4 is 4.90 Å². The third-order valence-corrected chi connectivity index (χ3v) is 3.37. The van der Waals surface area contributed by atoms with Gasteiger partial charge in [-0.25, -0.2) is 0 Å². The maximum Gasteiger partial charge on any atom is 0.0632 e. The third kappa shape index (κ3) is 5.60. The molecule has 0 radical (unpaired) electrons. The van der Waals surface area contributed by atoms with E-state index >= 15 is 0 Å². The fourth-order valence-electron chi connectivity index (χ4n) is 2.09. The number of hydrogen-bond acceptors (Lipinski definition) is 2. The smallest absolute Gasteiger partial charge is 0.0632 e. The minimum absolute atomic E-state index is 0.575. The van der Waals surface area contributed by atoms with Crippen molar-refractivity contribution in [1.82, 2.24) is 0 Å². The van der Waals surface area contributed by atoms with Gasteiger partial charge in [-0.05, 0) is 44.0 Å². The van der Waals surface area contributed by atoms with Crippen LogP contribution in [0.2, 0.25) is 0 Å². The fourth-order valence-corrected chi connectivity index (χ4v) is 2.49. The van der Waals surface area contributed by atoms with Crippen LogP contribution in [-0.4, -0.2) is 35.6 Å². The highest BCUT2D eigenvalue weighted by atomic mass is 35.5.